The number of hydrogen-bond acceptors (Lipinski definition) is 10. The number of ether oxygens (including phenoxy) is 1. The molecule has 0 spiro atoms. The highest BCUT2D eigenvalue weighted by Crippen LogP contribution is 2.53. The number of aliphatic hydroxyl groups is 3. The number of phenolic OH excluding ortho intramolecular Hbond substituents is 1. The zero-order valence-corrected chi connectivity index (χ0v) is 23.5. The van der Waals surface area contributed by atoms with Crippen molar-refractivity contribution in [2.45, 2.75) is 44.4 Å². The number of primary amides is 1. The Bertz CT molecular complexity index is 1620. The van der Waals surface area contributed by atoms with Gasteiger partial charge < -0.3 is 30.9 Å². The quantitative estimate of drug-likeness (QED) is 0.261. The summed E-state index contributed by atoms with van der Waals surface area (Å²) in [5, 5.41) is 45.0. The van der Waals surface area contributed by atoms with E-state index in [1.807, 2.05) is 0 Å². The highest BCUT2D eigenvalue weighted by atomic mass is 16.5. The fourth-order valence-corrected chi connectivity index (χ4v) is 6.61. The van der Waals surface area contributed by atoms with Gasteiger partial charge in [0.15, 0.2) is 11.4 Å². The number of benzene rings is 2. The number of nitrogens with zero attached hydrogens (tertiary/aromatic N) is 1. The zero-order valence-electron chi connectivity index (χ0n) is 23.5. The van der Waals surface area contributed by atoms with Crippen LogP contribution in [0.5, 0.6) is 5.75 Å². The smallest absolute Gasteiger partial charge is 0.338 e. The van der Waals surface area contributed by atoms with Crippen molar-refractivity contribution in [3.63, 3.8) is 0 Å². The van der Waals surface area contributed by atoms with E-state index in [0.29, 0.717) is 22.3 Å². The number of fused-ring (bicyclic) bond motifs is 3. The van der Waals surface area contributed by atoms with Gasteiger partial charge in [-0.05, 0) is 81.6 Å². The van der Waals surface area contributed by atoms with E-state index in [2.05, 4.69) is 0 Å². The standard InChI is InChI=1S/C31H32N2O9/c1-13(2)42-30(40)15-7-5-6-14(10-15)17-8-9-20(34)22-18(17)11-16-12-19-24(33(3)4)26(36)23(29(32)39)28(38)31(19,41)27(37)21(16)25(22)35/h5-10,13,16,19,24,34-35,38,41H,11-12H2,1-4H3,(H2,32,39)/t16-,19-,24-,31+/m1/s1. The number of esters is 1. The molecule has 1 amide bonds. The van der Waals surface area contributed by atoms with E-state index in [4.69, 9.17) is 10.5 Å². The lowest BCUT2D eigenvalue weighted by Gasteiger charge is -2.50. The molecule has 1 saturated carbocycles. The Kier molecular flexibility index (Phi) is 6.99. The van der Waals surface area contributed by atoms with E-state index in [-0.39, 0.29) is 35.8 Å². The second-order valence-corrected chi connectivity index (χ2v) is 11.5. The van der Waals surface area contributed by atoms with Crippen molar-refractivity contribution in [3.05, 3.63) is 70.0 Å². The van der Waals surface area contributed by atoms with Crippen LogP contribution in [0.2, 0.25) is 0 Å². The Morgan fingerprint density at radius 1 is 1.10 bits per heavy atom. The molecule has 0 radical (unpaired) electrons. The number of aromatic hydroxyl groups is 1. The molecular formula is C31H32N2O9. The summed E-state index contributed by atoms with van der Waals surface area (Å²) < 4.78 is 5.32. The minimum absolute atomic E-state index is 0.0262. The van der Waals surface area contributed by atoms with Crippen LogP contribution in [0, 0.1) is 11.8 Å². The van der Waals surface area contributed by atoms with Crippen LogP contribution in [0.15, 0.2) is 53.3 Å². The first-order valence-corrected chi connectivity index (χ1v) is 13.5. The lowest BCUT2D eigenvalue weighted by molar-refractivity contribution is -0.153. The molecule has 6 N–H and O–H groups in total. The third-order valence-corrected chi connectivity index (χ3v) is 8.36. The molecule has 3 aliphatic carbocycles. The molecule has 0 saturated heterocycles. The van der Waals surface area contributed by atoms with Gasteiger partial charge in [-0.1, -0.05) is 18.2 Å². The number of Topliss-reactive ketones (excluding diaryl/α,β-unsaturated/α-hetero) is 2. The first kappa shape index (κ1) is 29.0. The monoisotopic (exact) mass is 576 g/mol. The molecule has 0 aliphatic heterocycles. The fourth-order valence-electron chi connectivity index (χ4n) is 6.61. The van der Waals surface area contributed by atoms with Gasteiger partial charge in [-0.15, -0.1) is 0 Å². The van der Waals surface area contributed by atoms with Crippen molar-refractivity contribution in [2.75, 3.05) is 14.1 Å². The second kappa shape index (κ2) is 10.1. The van der Waals surface area contributed by atoms with Crippen LogP contribution in [0.1, 0.15) is 41.8 Å². The van der Waals surface area contributed by atoms with E-state index >= 15 is 0 Å². The Hall–Kier alpha value is -4.48. The first-order valence-electron chi connectivity index (χ1n) is 13.5. The van der Waals surface area contributed by atoms with E-state index in [9.17, 15) is 39.6 Å². The van der Waals surface area contributed by atoms with E-state index in [1.54, 1.807) is 58.3 Å². The summed E-state index contributed by atoms with van der Waals surface area (Å²) >= 11 is 0. The van der Waals surface area contributed by atoms with Gasteiger partial charge in [0.1, 0.15) is 22.8 Å². The second-order valence-electron chi connectivity index (χ2n) is 11.5. The predicted octanol–water partition coefficient (Wildman–Crippen LogP) is 2.20. The molecule has 0 aromatic heterocycles. The van der Waals surface area contributed by atoms with Crippen LogP contribution in [0.3, 0.4) is 0 Å². The SMILES string of the molecule is CC(C)OC(=O)c1cccc(-c2ccc(O)c3c2C[C@@H]2C[C@@H]4[C@@H](N(C)C)C(=O)C(C(N)=O)=C(O)[C@@]4(O)C(=O)C2=C3O)c1. The average molecular weight is 577 g/mol. The molecular weight excluding hydrogens is 544 g/mol. The van der Waals surface area contributed by atoms with E-state index in [1.165, 1.54) is 11.0 Å². The van der Waals surface area contributed by atoms with Gasteiger partial charge in [-0.2, -0.15) is 0 Å². The summed E-state index contributed by atoms with van der Waals surface area (Å²) in [5.74, 6) is -7.63. The minimum Gasteiger partial charge on any atom is -0.508 e. The third-order valence-electron chi connectivity index (χ3n) is 8.36. The molecule has 0 unspecified atom stereocenters. The zero-order chi connectivity index (χ0) is 30.8. The number of rotatable bonds is 5. The Labute approximate surface area is 241 Å². The number of likely N-dealkylation sites (N-methyl/N-ethyl adjacent to an activating group) is 1. The first-order chi connectivity index (χ1) is 19.7. The highest BCUT2D eigenvalue weighted by molar-refractivity contribution is 6.24. The van der Waals surface area contributed by atoms with Crippen LogP contribution < -0.4 is 5.73 Å². The molecule has 11 heteroatoms. The van der Waals surface area contributed by atoms with Crippen molar-refractivity contribution in [1.82, 2.24) is 4.90 Å². The van der Waals surface area contributed by atoms with Gasteiger partial charge in [-0.3, -0.25) is 19.3 Å². The van der Waals surface area contributed by atoms with Crippen LogP contribution in [0.4, 0.5) is 0 Å². The Morgan fingerprint density at radius 3 is 2.40 bits per heavy atom. The summed E-state index contributed by atoms with van der Waals surface area (Å²) in [6.07, 6.45) is -0.225. The van der Waals surface area contributed by atoms with E-state index in [0.717, 1.165) is 0 Å². The summed E-state index contributed by atoms with van der Waals surface area (Å²) in [5.41, 5.74) is 3.52. The molecule has 1 fully saturated rings. The van der Waals surface area contributed by atoms with Crippen molar-refractivity contribution in [2.24, 2.45) is 17.6 Å². The average Bonchev–Trinajstić information content (AvgIpc) is 2.90. The van der Waals surface area contributed by atoms with E-state index < -0.39 is 64.0 Å². The maximum atomic E-state index is 14.0. The van der Waals surface area contributed by atoms with Gasteiger partial charge in [0.25, 0.3) is 5.91 Å². The Morgan fingerprint density at radius 2 is 1.79 bits per heavy atom. The molecule has 2 aromatic carbocycles. The predicted molar refractivity (Wildman–Crippen MR) is 150 cm³/mol. The summed E-state index contributed by atoms with van der Waals surface area (Å²) in [6.45, 7) is 3.48. The molecule has 0 bridgehead atoms. The van der Waals surface area contributed by atoms with Gasteiger partial charge in [0, 0.05) is 11.5 Å². The number of carbonyl (C=O) groups excluding carboxylic acids is 4. The molecule has 3 aliphatic rings. The van der Waals surface area contributed by atoms with Gasteiger partial charge in [0.2, 0.25) is 5.78 Å². The summed E-state index contributed by atoms with van der Waals surface area (Å²) in [4.78, 5) is 53.4. The topological polar surface area (TPSA) is 188 Å². The molecule has 42 heavy (non-hydrogen) atoms. The number of ketones is 2. The molecule has 4 atom stereocenters. The fraction of sp³-hybridized carbons (Fsp3) is 0.355. The van der Waals surface area contributed by atoms with Crippen LogP contribution >= 0.6 is 0 Å². The molecule has 11 nitrogen and oxygen atoms in total. The van der Waals surface area contributed by atoms with Gasteiger partial charge in [0.05, 0.1) is 23.3 Å². The highest BCUT2D eigenvalue weighted by Gasteiger charge is 2.64. The van der Waals surface area contributed by atoms with Crippen molar-refractivity contribution < 1.29 is 44.3 Å². The van der Waals surface area contributed by atoms with Crippen molar-refractivity contribution in [1.29, 1.82) is 0 Å². The number of carbonyl (C=O) groups is 4. The number of phenols is 1. The minimum atomic E-state index is -2.71. The lowest BCUT2D eigenvalue weighted by atomic mass is 9.57. The normalized spacial score (nSPS) is 25.4. The maximum absolute atomic E-state index is 14.0. The maximum Gasteiger partial charge on any atom is 0.338 e. The number of aliphatic hydroxyl groups excluding tert-OH is 2. The lowest BCUT2D eigenvalue weighted by Crippen LogP contribution is -2.65. The molecule has 5 rings (SSSR count). The van der Waals surface area contributed by atoms with Gasteiger partial charge >= 0.3 is 5.97 Å². The summed E-state index contributed by atoms with van der Waals surface area (Å²) in [6, 6.07) is 8.50. The molecule has 0 heterocycles. The van der Waals surface area contributed by atoms with Crippen molar-refractivity contribution in [3.8, 4) is 16.9 Å². The van der Waals surface area contributed by atoms with Crippen LogP contribution in [-0.4, -0.2) is 80.6 Å². The van der Waals surface area contributed by atoms with Crippen molar-refractivity contribution >= 4 is 29.2 Å². The van der Waals surface area contributed by atoms with Gasteiger partial charge in [-0.25, -0.2) is 4.79 Å². The van der Waals surface area contributed by atoms with Crippen LogP contribution in [-0.2, 0) is 25.5 Å². The summed E-state index contributed by atoms with van der Waals surface area (Å²) in [7, 11) is 3.09. The number of hydrogen-bond donors (Lipinski definition) is 5. The van der Waals surface area contributed by atoms with Crippen LogP contribution in [0.25, 0.3) is 16.9 Å². The molecule has 2 aromatic rings. The largest absolute Gasteiger partial charge is 0.508 e. The molecule has 220 valence electrons. The third kappa shape index (κ3) is 4.19. The number of nitrogens with two attached hydrogens (primary N) is 1. The Balaban J connectivity index is 1.68. The number of amides is 1.